The van der Waals surface area contributed by atoms with Gasteiger partial charge in [-0.25, -0.2) is 0 Å². The third-order valence-corrected chi connectivity index (χ3v) is 6.00. The van der Waals surface area contributed by atoms with Gasteiger partial charge < -0.3 is 9.47 Å². The smallest absolute Gasteiger partial charge is 0.315 e. The molecule has 1 unspecified atom stereocenters. The second-order valence-corrected chi connectivity index (χ2v) is 7.67. The third kappa shape index (κ3) is 3.54. The van der Waals surface area contributed by atoms with Crippen molar-refractivity contribution < 1.29 is 19.1 Å². The van der Waals surface area contributed by atoms with Gasteiger partial charge >= 0.3 is 5.97 Å². The Morgan fingerprint density at radius 2 is 1.70 bits per heavy atom. The van der Waals surface area contributed by atoms with Crippen molar-refractivity contribution in [1.29, 1.82) is 0 Å². The quantitative estimate of drug-likeness (QED) is 0.724. The summed E-state index contributed by atoms with van der Waals surface area (Å²) in [7, 11) is 3.00. The molecule has 2 aliphatic rings. The first kappa shape index (κ1) is 20.0. The lowest BCUT2D eigenvalue weighted by Gasteiger charge is -2.36. The zero-order valence-electron chi connectivity index (χ0n) is 17.3. The number of hydrogen-bond donors (Lipinski definition) is 0. The lowest BCUT2D eigenvalue weighted by molar-refractivity contribution is -0.143. The molecule has 154 valence electrons. The number of carbonyl (C=O) groups is 2. The fraction of sp³-hybridized carbons (Fsp3) is 0.333. The molecule has 1 aliphatic heterocycles. The lowest BCUT2D eigenvalue weighted by Crippen LogP contribution is -2.37. The Bertz CT molecular complexity index is 1020. The molecule has 6 nitrogen and oxygen atoms in total. The van der Waals surface area contributed by atoms with Gasteiger partial charge in [0.2, 0.25) is 0 Å². The average Bonchev–Trinajstić information content (AvgIpc) is 2.78. The van der Waals surface area contributed by atoms with Gasteiger partial charge in [0.15, 0.2) is 5.78 Å². The van der Waals surface area contributed by atoms with Gasteiger partial charge in [-0.2, -0.15) is 0 Å². The molecule has 0 saturated heterocycles. The van der Waals surface area contributed by atoms with Crippen LogP contribution >= 0.6 is 0 Å². The van der Waals surface area contributed by atoms with Gasteiger partial charge in [0.25, 0.3) is 0 Å². The van der Waals surface area contributed by atoms with Gasteiger partial charge in [-0.1, -0.05) is 12.1 Å². The fourth-order valence-electron chi connectivity index (χ4n) is 4.53. The number of nitrogens with zero attached hydrogens (tertiary/aromatic N) is 2. The number of ketones is 1. The number of aromatic nitrogens is 1. The molecule has 6 heteroatoms. The van der Waals surface area contributed by atoms with Crippen molar-refractivity contribution in [3.8, 4) is 5.75 Å². The molecule has 30 heavy (non-hydrogen) atoms. The van der Waals surface area contributed by atoms with Crippen molar-refractivity contribution in [2.75, 3.05) is 14.2 Å². The van der Waals surface area contributed by atoms with Crippen LogP contribution in [0.3, 0.4) is 0 Å². The average molecular weight is 404 g/mol. The summed E-state index contributed by atoms with van der Waals surface area (Å²) in [5, 5.41) is 0. The number of carbonyl (C=O) groups excluding carboxylic acids is 2. The summed E-state index contributed by atoms with van der Waals surface area (Å²) < 4.78 is 10.3. The van der Waals surface area contributed by atoms with Crippen molar-refractivity contribution in [2.45, 2.75) is 31.6 Å². The normalized spacial score (nSPS) is 23.5. The monoisotopic (exact) mass is 404 g/mol. The number of esters is 1. The van der Waals surface area contributed by atoms with E-state index in [2.05, 4.69) is 4.98 Å². The van der Waals surface area contributed by atoms with Gasteiger partial charge in [0.05, 0.1) is 14.2 Å². The molecule has 0 bridgehead atoms. The molecule has 0 fully saturated rings. The maximum Gasteiger partial charge on any atom is 0.315 e. The summed E-state index contributed by atoms with van der Waals surface area (Å²) in [4.78, 5) is 34.8. The molecule has 0 saturated carbocycles. The predicted octanol–water partition coefficient (Wildman–Crippen LogP) is 3.84. The second kappa shape index (κ2) is 8.22. The van der Waals surface area contributed by atoms with E-state index in [-0.39, 0.29) is 17.7 Å². The van der Waals surface area contributed by atoms with Crippen molar-refractivity contribution in [1.82, 2.24) is 4.98 Å². The second-order valence-electron chi connectivity index (χ2n) is 7.67. The standard InChI is InChI=1S/C24H24N2O4/c1-14-21(24(28)30-3)22(16-8-10-25-11-9-16)23-19(26-14)12-17(13-20(23)27)15-4-6-18(29-2)7-5-15/h4-11,17,21-22H,12-13H2,1-3H3/t17-,21?,22-/m0/s1. The topological polar surface area (TPSA) is 77.8 Å². The van der Waals surface area contributed by atoms with E-state index in [1.54, 1.807) is 19.5 Å². The summed E-state index contributed by atoms with van der Waals surface area (Å²) >= 11 is 0. The molecule has 3 atom stereocenters. The highest BCUT2D eigenvalue weighted by molar-refractivity contribution is 6.09. The molecule has 2 heterocycles. The molecule has 4 rings (SSSR count). The van der Waals surface area contributed by atoms with Crippen LogP contribution < -0.4 is 4.74 Å². The number of methoxy groups -OCH3 is 2. The zero-order valence-corrected chi connectivity index (χ0v) is 17.3. The number of aliphatic imine (C=N–C) groups is 1. The molecule has 0 radical (unpaired) electrons. The van der Waals surface area contributed by atoms with Crippen LogP contribution in [0.25, 0.3) is 0 Å². The summed E-state index contributed by atoms with van der Waals surface area (Å²) in [6.45, 7) is 1.83. The van der Waals surface area contributed by atoms with E-state index < -0.39 is 11.8 Å². The van der Waals surface area contributed by atoms with E-state index in [0.717, 1.165) is 22.6 Å². The van der Waals surface area contributed by atoms with Crippen LogP contribution in [0.4, 0.5) is 0 Å². The molecule has 0 amide bonds. The molecule has 0 N–H and O–H groups in total. The first-order chi connectivity index (χ1) is 14.5. The summed E-state index contributed by atoms with van der Waals surface area (Å²) in [6.07, 6.45) is 4.40. The van der Waals surface area contributed by atoms with E-state index in [9.17, 15) is 9.59 Å². The number of ether oxygens (including phenoxy) is 2. The zero-order chi connectivity index (χ0) is 21.3. The van der Waals surface area contributed by atoms with Crippen LogP contribution in [0.15, 0.2) is 65.1 Å². The van der Waals surface area contributed by atoms with E-state index in [1.165, 1.54) is 7.11 Å². The number of Topliss-reactive ketones (excluding diaryl/α,β-unsaturated/α-hetero) is 1. The van der Waals surface area contributed by atoms with Gasteiger partial charge in [-0.05, 0) is 54.7 Å². The predicted molar refractivity (Wildman–Crippen MR) is 113 cm³/mol. The van der Waals surface area contributed by atoms with Gasteiger partial charge in [-0.3, -0.25) is 19.6 Å². The maximum atomic E-state index is 13.4. The highest BCUT2D eigenvalue weighted by Gasteiger charge is 2.44. The molecule has 0 spiro atoms. The molecular weight excluding hydrogens is 380 g/mol. The minimum atomic E-state index is -0.613. The van der Waals surface area contributed by atoms with E-state index in [0.29, 0.717) is 24.1 Å². The summed E-state index contributed by atoms with van der Waals surface area (Å²) in [6, 6.07) is 11.5. The Hall–Kier alpha value is -3.28. The van der Waals surface area contributed by atoms with E-state index >= 15 is 0 Å². The largest absolute Gasteiger partial charge is 0.497 e. The first-order valence-corrected chi connectivity index (χ1v) is 9.96. The Kier molecular flexibility index (Phi) is 5.48. The fourth-order valence-corrected chi connectivity index (χ4v) is 4.53. The Morgan fingerprint density at radius 3 is 2.33 bits per heavy atom. The number of allylic oxidation sites excluding steroid dienone is 2. The molecule has 1 aromatic carbocycles. The molecular formula is C24H24N2O4. The molecule has 1 aliphatic carbocycles. The summed E-state index contributed by atoms with van der Waals surface area (Å²) in [5.74, 6) is -0.536. The van der Waals surface area contributed by atoms with Gasteiger partial charge in [-0.15, -0.1) is 0 Å². The van der Waals surface area contributed by atoms with E-state index in [4.69, 9.17) is 14.5 Å². The number of hydrogen-bond acceptors (Lipinski definition) is 6. The third-order valence-electron chi connectivity index (χ3n) is 6.00. The highest BCUT2D eigenvalue weighted by atomic mass is 16.5. The summed E-state index contributed by atoms with van der Waals surface area (Å²) in [5.41, 5.74) is 4.03. The number of benzene rings is 1. The number of pyridine rings is 1. The van der Waals surface area contributed by atoms with Crippen LogP contribution in [-0.2, 0) is 14.3 Å². The van der Waals surface area contributed by atoms with Crippen LogP contribution in [0.1, 0.15) is 42.7 Å². The van der Waals surface area contributed by atoms with E-state index in [1.807, 2.05) is 43.3 Å². The Balaban J connectivity index is 1.76. The van der Waals surface area contributed by atoms with Crippen LogP contribution in [0, 0.1) is 5.92 Å². The van der Waals surface area contributed by atoms with Crippen molar-refractivity contribution in [3.05, 3.63) is 71.2 Å². The Labute approximate surface area is 175 Å². The van der Waals surface area contributed by atoms with Crippen LogP contribution in [0.5, 0.6) is 5.75 Å². The molecule has 1 aromatic heterocycles. The van der Waals surface area contributed by atoms with Crippen molar-refractivity contribution >= 4 is 17.5 Å². The highest BCUT2D eigenvalue weighted by Crippen LogP contribution is 2.46. The molecule has 2 aromatic rings. The van der Waals surface area contributed by atoms with Crippen LogP contribution in [0.2, 0.25) is 0 Å². The lowest BCUT2D eigenvalue weighted by atomic mass is 9.69. The van der Waals surface area contributed by atoms with Crippen molar-refractivity contribution in [2.24, 2.45) is 10.9 Å². The van der Waals surface area contributed by atoms with Crippen LogP contribution in [-0.4, -0.2) is 36.7 Å². The van der Waals surface area contributed by atoms with Crippen molar-refractivity contribution in [3.63, 3.8) is 0 Å². The maximum absolute atomic E-state index is 13.4. The first-order valence-electron chi connectivity index (χ1n) is 9.96. The van der Waals surface area contributed by atoms with Gasteiger partial charge in [0, 0.05) is 41.7 Å². The number of rotatable bonds is 4. The minimum Gasteiger partial charge on any atom is -0.497 e. The minimum absolute atomic E-state index is 0.0315. The van der Waals surface area contributed by atoms with Gasteiger partial charge in [0.1, 0.15) is 11.7 Å². The Morgan fingerprint density at radius 1 is 1.00 bits per heavy atom. The SMILES string of the molecule is COC(=O)C1C(C)=NC2=C(C(=O)C[C@@H](c3ccc(OC)cc3)C2)[C@H]1c1ccncc1.